The zero-order chi connectivity index (χ0) is 28.6. The van der Waals surface area contributed by atoms with E-state index in [1.807, 2.05) is 0 Å². The average Bonchev–Trinajstić information content (AvgIpc) is 2.92. The molecule has 1 saturated heterocycles. The van der Waals surface area contributed by atoms with Crippen molar-refractivity contribution < 1.29 is 4.79 Å². The Morgan fingerprint density at radius 3 is 1.54 bits per heavy atom. The lowest BCUT2D eigenvalue weighted by Crippen LogP contribution is -2.48. The summed E-state index contributed by atoms with van der Waals surface area (Å²) in [7, 11) is 0. The van der Waals surface area contributed by atoms with Crippen LogP contribution in [0.2, 0.25) is 0 Å². The fourth-order valence-corrected chi connectivity index (χ4v) is 5.43. The van der Waals surface area contributed by atoms with Gasteiger partial charge < -0.3 is 4.90 Å². The molecule has 1 aliphatic heterocycles. The fourth-order valence-electron chi connectivity index (χ4n) is 5.43. The standard InChI is InChI=1S/C36H66N2O/c1-6-7-8-9-10-11-12-13-14-15-16-17-18-19-26-36(39)38-31-29-37(30-32-38)28-27-35(5)25-21-24-34(4)23-20-22-33(2)3/h22,24,27H,6-21,23,25-26,28-32H2,1-5H3/b34-24+,35-27+. The van der Waals surface area contributed by atoms with Crippen molar-refractivity contribution >= 4 is 5.91 Å². The molecule has 0 aromatic heterocycles. The van der Waals surface area contributed by atoms with Crippen LogP contribution in [0.3, 0.4) is 0 Å². The number of hydrogen-bond donors (Lipinski definition) is 0. The van der Waals surface area contributed by atoms with Gasteiger partial charge in [-0.25, -0.2) is 0 Å². The Balaban J connectivity index is 2.01. The highest BCUT2D eigenvalue weighted by Gasteiger charge is 2.19. The van der Waals surface area contributed by atoms with E-state index in [-0.39, 0.29) is 0 Å². The SMILES string of the molecule is CCCCCCCCCCCCCCCCC(=O)N1CCN(C/C=C(\C)CC/C=C(\C)CCC=C(C)C)CC1. The molecular weight excluding hydrogens is 476 g/mol. The van der Waals surface area contributed by atoms with Crippen LogP contribution in [0, 0.1) is 0 Å². The van der Waals surface area contributed by atoms with Crippen LogP contribution < -0.4 is 0 Å². The summed E-state index contributed by atoms with van der Waals surface area (Å²) in [5, 5.41) is 0. The van der Waals surface area contributed by atoms with Crippen molar-refractivity contribution in [1.82, 2.24) is 9.80 Å². The van der Waals surface area contributed by atoms with E-state index in [1.54, 1.807) is 0 Å². The van der Waals surface area contributed by atoms with Gasteiger partial charge in [-0.05, 0) is 59.8 Å². The van der Waals surface area contributed by atoms with Crippen molar-refractivity contribution in [2.45, 2.75) is 157 Å². The molecule has 226 valence electrons. The van der Waals surface area contributed by atoms with Crippen molar-refractivity contribution in [2.75, 3.05) is 32.7 Å². The first-order chi connectivity index (χ1) is 18.9. The fraction of sp³-hybridized carbons (Fsp3) is 0.806. The second-order valence-corrected chi connectivity index (χ2v) is 12.5. The topological polar surface area (TPSA) is 23.6 Å². The lowest BCUT2D eigenvalue weighted by atomic mass is 10.0. The number of carbonyl (C=O) groups is 1. The maximum Gasteiger partial charge on any atom is 0.222 e. The molecule has 0 spiro atoms. The summed E-state index contributed by atoms with van der Waals surface area (Å²) in [6, 6.07) is 0. The molecule has 0 aliphatic carbocycles. The summed E-state index contributed by atoms with van der Waals surface area (Å²) in [5.41, 5.74) is 4.41. The number of amides is 1. The van der Waals surface area contributed by atoms with E-state index in [4.69, 9.17) is 0 Å². The van der Waals surface area contributed by atoms with Gasteiger partial charge in [0.2, 0.25) is 5.91 Å². The van der Waals surface area contributed by atoms with E-state index in [9.17, 15) is 4.79 Å². The summed E-state index contributed by atoms with van der Waals surface area (Å²) >= 11 is 0. The number of allylic oxidation sites excluding steroid dienone is 5. The Morgan fingerprint density at radius 1 is 0.564 bits per heavy atom. The van der Waals surface area contributed by atoms with Gasteiger partial charge in [-0.15, -0.1) is 0 Å². The number of nitrogens with zero attached hydrogens (tertiary/aromatic N) is 2. The molecule has 0 aromatic carbocycles. The Hall–Kier alpha value is -1.35. The third kappa shape index (κ3) is 21.1. The molecule has 3 nitrogen and oxygen atoms in total. The molecule has 0 saturated carbocycles. The van der Waals surface area contributed by atoms with E-state index in [1.165, 1.54) is 107 Å². The van der Waals surface area contributed by atoms with Gasteiger partial charge in [0.1, 0.15) is 0 Å². The van der Waals surface area contributed by atoms with Crippen LogP contribution in [0.1, 0.15) is 157 Å². The highest BCUT2D eigenvalue weighted by atomic mass is 16.2. The second kappa shape index (κ2) is 24.4. The number of hydrogen-bond acceptors (Lipinski definition) is 2. The van der Waals surface area contributed by atoms with Crippen molar-refractivity contribution in [1.29, 1.82) is 0 Å². The monoisotopic (exact) mass is 543 g/mol. The highest BCUT2D eigenvalue weighted by Crippen LogP contribution is 2.15. The number of carbonyl (C=O) groups excluding carboxylic acids is 1. The summed E-state index contributed by atoms with van der Waals surface area (Å²) in [4.78, 5) is 17.3. The van der Waals surface area contributed by atoms with E-state index in [0.29, 0.717) is 5.91 Å². The molecule has 1 aliphatic rings. The molecule has 39 heavy (non-hydrogen) atoms. The van der Waals surface area contributed by atoms with Gasteiger partial charge in [-0.1, -0.05) is 125 Å². The first-order valence-corrected chi connectivity index (χ1v) is 16.9. The van der Waals surface area contributed by atoms with E-state index < -0.39 is 0 Å². The number of piperazine rings is 1. The summed E-state index contributed by atoms with van der Waals surface area (Å²) in [6.45, 7) is 16.0. The normalized spacial score (nSPS) is 15.2. The predicted molar refractivity (Wildman–Crippen MR) is 173 cm³/mol. The van der Waals surface area contributed by atoms with Gasteiger partial charge in [-0.2, -0.15) is 0 Å². The average molecular weight is 543 g/mol. The molecule has 3 heteroatoms. The molecule has 0 aromatic rings. The highest BCUT2D eigenvalue weighted by molar-refractivity contribution is 5.76. The number of unbranched alkanes of at least 4 members (excludes halogenated alkanes) is 13. The summed E-state index contributed by atoms with van der Waals surface area (Å²) in [6.07, 6.45) is 31.6. The molecular formula is C36H66N2O. The molecule has 0 unspecified atom stereocenters. The molecule has 0 radical (unpaired) electrons. The van der Waals surface area contributed by atoms with Crippen LogP contribution >= 0.6 is 0 Å². The van der Waals surface area contributed by atoms with Crippen LogP contribution in [-0.2, 0) is 4.79 Å². The Bertz CT molecular complexity index is 693. The third-order valence-electron chi connectivity index (χ3n) is 8.29. The van der Waals surface area contributed by atoms with Gasteiger partial charge in [0.05, 0.1) is 0 Å². The minimum atomic E-state index is 0.382. The Morgan fingerprint density at radius 2 is 1.03 bits per heavy atom. The molecule has 1 heterocycles. The molecule has 1 fully saturated rings. The zero-order valence-electron chi connectivity index (χ0n) is 27.0. The second-order valence-electron chi connectivity index (χ2n) is 12.5. The van der Waals surface area contributed by atoms with Crippen molar-refractivity contribution in [3.8, 4) is 0 Å². The maximum atomic E-state index is 12.6. The third-order valence-corrected chi connectivity index (χ3v) is 8.29. The largest absolute Gasteiger partial charge is 0.340 e. The summed E-state index contributed by atoms with van der Waals surface area (Å²) in [5.74, 6) is 0.382. The van der Waals surface area contributed by atoms with Crippen molar-refractivity contribution in [3.05, 3.63) is 34.9 Å². The van der Waals surface area contributed by atoms with Gasteiger partial charge in [-0.3, -0.25) is 9.69 Å². The van der Waals surface area contributed by atoms with Gasteiger partial charge in [0, 0.05) is 39.1 Å². The number of rotatable bonds is 23. The van der Waals surface area contributed by atoms with Crippen LogP contribution in [0.4, 0.5) is 0 Å². The molecule has 0 N–H and O–H groups in total. The van der Waals surface area contributed by atoms with Gasteiger partial charge >= 0.3 is 0 Å². The summed E-state index contributed by atoms with van der Waals surface area (Å²) < 4.78 is 0. The molecule has 0 atom stereocenters. The van der Waals surface area contributed by atoms with Crippen molar-refractivity contribution in [2.24, 2.45) is 0 Å². The van der Waals surface area contributed by atoms with Crippen LogP contribution in [0.25, 0.3) is 0 Å². The lowest BCUT2D eigenvalue weighted by molar-refractivity contribution is -0.133. The van der Waals surface area contributed by atoms with Crippen LogP contribution in [-0.4, -0.2) is 48.4 Å². The predicted octanol–water partition coefficient (Wildman–Crippen LogP) is 10.4. The Labute approximate surface area is 244 Å². The zero-order valence-corrected chi connectivity index (χ0v) is 27.0. The quantitative estimate of drug-likeness (QED) is 0.0947. The molecule has 0 bridgehead atoms. The minimum absolute atomic E-state index is 0.382. The van der Waals surface area contributed by atoms with Crippen molar-refractivity contribution in [3.63, 3.8) is 0 Å². The van der Waals surface area contributed by atoms with E-state index in [2.05, 4.69) is 62.6 Å². The first kappa shape index (κ1) is 35.7. The van der Waals surface area contributed by atoms with Crippen LogP contribution in [0.15, 0.2) is 34.9 Å². The Kier molecular flexibility index (Phi) is 22.4. The van der Waals surface area contributed by atoms with E-state index in [0.717, 1.165) is 64.8 Å². The smallest absolute Gasteiger partial charge is 0.222 e. The maximum absolute atomic E-state index is 12.6. The molecule has 1 rings (SSSR count). The lowest BCUT2D eigenvalue weighted by Gasteiger charge is -2.34. The van der Waals surface area contributed by atoms with Crippen LogP contribution in [0.5, 0.6) is 0 Å². The first-order valence-electron chi connectivity index (χ1n) is 16.9. The minimum Gasteiger partial charge on any atom is -0.340 e. The van der Waals surface area contributed by atoms with Gasteiger partial charge in [0.25, 0.3) is 0 Å². The molecule has 1 amide bonds. The van der Waals surface area contributed by atoms with E-state index >= 15 is 0 Å². The van der Waals surface area contributed by atoms with Gasteiger partial charge in [0.15, 0.2) is 0 Å².